The molecule has 16 heavy (non-hydrogen) atoms. The van der Waals surface area contributed by atoms with E-state index in [0.717, 1.165) is 10.0 Å². The van der Waals surface area contributed by atoms with Crippen molar-refractivity contribution >= 4 is 27.3 Å². The van der Waals surface area contributed by atoms with Gasteiger partial charge in [-0.3, -0.25) is 5.43 Å². The number of benzene rings is 1. The van der Waals surface area contributed by atoms with Crippen molar-refractivity contribution < 1.29 is 5.11 Å². The van der Waals surface area contributed by atoms with Gasteiger partial charge in [-0.05, 0) is 24.6 Å². The lowest BCUT2D eigenvalue weighted by Crippen LogP contribution is -1.98. The Labute approximate surface area is 101 Å². The summed E-state index contributed by atoms with van der Waals surface area (Å²) in [6, 6.07) is 6.39. The molecule has 0 spiro atoms. The number of nitrogens with zero attached hydrogens (tertiary/aromatic N) is 3. The van der Waals surface area contributed by atoms with Gasteiger partial charge in [0.2, 0.25) is 5.71 Å². The predicted octanol–water partition coefficient (Wildman–Crippen LogP) is 2.28. The Kier molecular flexibility index (Phi) is 3.87. The van der Waals surface area contributed by atoms with E-state index in [1.807, 2.05) is 0 Å². The second-order valence-corrected chi connectivity index (χ2v) is 3.72. The SMILES string of the molecule is Cc1c(Br)ccc(O)c1NN=C(C#N)C#N. The molecule has 0 radical (unpaired) electrons. The summed E-state index contributed by atoms with van der Waals surface area (Å²) in [6.45, 7) is 1.76. The number of hydrazone groups is 1. The third-order valence-corrected chi connectivity index (χ3v) is 2.73. The van der Waals surface area contributed by atoms with Crippen molar-refractivity contribution in [3.8, 4) is 17.9 Å². The molecule has 1 aromatic carbocycles. The number of hydrogen-bond acceptors (Lipinski definition) is 5. The summed E-state index contributed by atoms with van der Waals surface area (Å²) in [5.74, 6) is -0.000297. The van der Waals surface area contributed by atoms with Crippen LogP contribution in [-0.4, -0.2) is 10.8 Å². The molecule has 0 aliphatic rings. The van der Waals surface area contributed by atoms with Gasteiger partial charge in [-0.25, -0.2) is 0 Å². The van der Waals surface area contributed by atoms with Crippen molar-refractivity contribution in [2.75, 3.05) is 5.43 Å². The van der Waals surface area contributed by atoms with Crippen LogP contribution in [0.25, 0.3) is 0 Å². The number of halogens is 1. The highest BCUT2D eigenvalue weighted by Crippen LogP contribution is 2.32. The number of rotatable bonds is 2. The molecule has 0 amide bonds. The molecule has 6 heteroatoms. The average Bonchev–Trinajstić information content (AvgIpc) is 2.29. The molecule has 80 valence electrons. The monoisotopic (exact) mass is 278 g/mol. The molecule has 0 aliphatic heterocycles. The van der Waals surface area contributed by atoms with Crippen LogP contribution in [0.2, 0.25) is 0 Å². The van der Waals surface area contributed by atoms with Gasteiger partial charge in [-0.15, -0.1) is 0 Å². The van der Waals surface area contributed by atoms with Gasteiger partial charge in [0.1, 0.15) is 23.6 Å². The van der Waals surface area contributed by atoms with Crippen molar-refractivity contribution in [2.24, 2.45) is 5.10 Å². The molecule has 2 N–H and O–H groups in total. The summed E-state index contributed by atoms with van der Waals surface area (Å²) in [5, 5.41) is 30.1. The molecule has 0 fully saturated rings. The van der Waals surface area contributed by atoms with Crippen LogP contribution in [0.5, 0.6) is 5.75 Å². The third kappa shape index (κ3) is 2.50. The van der Waals surface area contributed by atoms with Gasteiger partial charge in [0.25, 0.3) is 0 Å². The minimum atomic E-state index is -0.307. The molecule has 1 aromatic rings. The molecular formula is C10H7BrN4O. The summed E-state index contributed by atoms with van der Waals surface area (Å²) >= 11 is 3.29. The minimum Gasteiger partial charge on any atom is -0.506 e. The van der Waals surface area contributed by atoms with Gasteiger partial charge < -0.3 is 5.11 Å². The van der Waals surface area contributed by atoms with Crippen LogP contribution in [0.1, 0.15) is 5.56 Å². The van der Waals surface area contributed by atoms with E-state index in [1.165, 1.54) is 6.07 Å². The second-order valence-electron chi connectivity index (χ2n) is 2.86. The summed E-state index contributed by atoms with van der Waals surface area (Å²) < 4.78 is 0.790. The van der Waals surface area contributed by atoms with Crippen LogP contribution in [0.3, 0.4) is 0 Å². The number of phenolic OH excluding ortho intramolecular Hbond substituents is 1. The van der Waals surface area contributed by atoms with E-state index in [2.05, 4.69) is 26.5 Å². The third-order valence-electron chi connectivity index (χ3n) is 1.87. The first kappa shape index (κ1) is 12.0. The Morgan fingerprint density at radius 2 is 2.06 bits per heavy atom. The Bertz CT molecular complexity index is 509. The number of nitrogens with one attached hydrogen (secondary N) is 1. The van der Waals surface area contributed by atoms with Gasteiger partial charge in [0.05, 0.1) is 0 Å². The zero-order valence-corrected chi connectivity index (χ0v) is 9.91. The molecule has 0 saturated heterocycles. The normalized spacial score (nSPS) is 8.75. The second kappa shape index (κ2) is 5.15. The molecule has 0 atom stereocenters. The fourth-order valence-corrected chi connectivity index (χ4v) is 1.33. The van der Waals surface area contributed by atoms with E-state index in [4.69, 9.17) is 10.5 Å². The Balaban J connectivity index is 3.09. The zero-order valence-electron chi connectivity index (χ0n) is 8.32. The van der Waals surface area contributed by atoms with Crippen molar-refractivity contribution in [1.29, 1.82) is 10.5 Å². The first-order valence-electron chi connectivity index (χ1n) is 4.22. The molecule has 0 unspecified atom stereocenters. The van der Waals surface area contributed by atoms with Crippen LogP contribution >= 0.6 is 15.9 Å². The fourth-order valence-electron chi connectivity index (χ4n) is 1.000. The number of aromatic hydroxyl groups is 1. The highest BCUT2D eigenvalue weighted by Gasteiger charge is 2.07. The number of phenols is 1. The summed E-state index contributed by atoms with van der Waals surface area (Å²) in [6.07, 6.45) is 0. The first-order chi connectivity index (χ1) is 7.60. The summed E-state index contributed by atoms with van der Waals surface area (Å²) in [4.78, 5) is 0. The van der Waals surface area contributed by atoms with E-state index in [9.17, 15) is 5.11 Å². The number of nitriles is 2. The van der Waals surface area contributed by atoms with Crippen molar-refractivity contribution in [3.05, 3.63) is 22.2 Å². The van der Waals surface area contributed by atoms with Crippen molar-refractivity contribution in [2.45, 2.75) is 6.92 Å². The smallest absolute Gasteiger partial charge is 0.237 e. The molecule has 1 rings (SSSR count). The lowest BCUT2D eigenvalue weighted by atomic mass is 10.2. The van der Waals surface area contributed by atoms with Gasteiger partial charge in [0.15, 0.2) is 0 Å². The largest absolute Gasteiger partial charge is 0.506 e. The molecule has 0 aliphatic carbocycles. The fraction of sp³-hybridized carbons (Fsp3) is 0.100. The average molecular weight is 279 g/mol. The molecule has 0 bridgehead atoms. The molecule has 0 saturated carbocycles. The standard InChI is InChI=1S/C10H7BrN4O/c1-6-8(11)2-3-9(16)10(6)15-14-7(4-12)5-13/h2-3,15-16H,1H3. The van der Waals surface area contributed by atoms with Gasteiger partial charge in [-0.1, -0.05) is 15.9 Å². The van der Waals surface area contributed by atoms with Crippen LogP contribution in [0.4, 0.5) is 5.69 Å². The van der Waals surface area contributed by atoms with Crippen LogP contribution < -0.4 is 5.43 Å². The molecular weight excluding hydrogens is 272 g/mol. The zero-order chi connectivity index (χ0) is 12.1. The molecule has 5 nitrogen and oxygen atoms in total. The molecule has 0 aromatic heterocycles. The lowest BCUT2D eigenvalue weighted by Gasteiger charge is -2.08. The molecule has 0 heterocycles. The maximum Gasteiger partial charge on any atom is 0.237 e. The van der Waals surface area contributed by atoms with Crippen LogP contribution in [0, 0.1) is 29.6 Å². The highest BCUT2D eigenvalue weighted by molar-refractivity contribution is 9.10. The van der Waals surface area contributed by atoms with Gasteiger partial charge in [-0.2, -0.15) is 15.6 Å². The van der Waals surface area contributed by atoms with Gasteiger partial charge >= 0.3 is 0 Å². The van der Waals surface area contributed by atoms with Crippen molar-refractivity contribution in [3.63, 3.8) is 0 Å². The Hall–Kier alpha value is -2.05. The van der Waals surface area contributed by atoms with E-state index in [0.29, 0.717) is 5.69 Å². The van der Waals surface area contributed by atoms with E-state index in [1.54, 1.807) is 25.1 Å². The quantitative estimate of drug-likeness (QED) is 0.493. The minimum absolute atomic E-state index is 0.000297. The van der Waals surface area contributed by atoms with Crippen LogP contribution in [0.15, 0.2) is 21.7 Å². The maximum absolute atomic E-state index is 9.56. The highest BCUT2D eigenvalue weighted by atomic mass is 79.9. The summed E-state index contributed by atoms with van der Waals surface area (Å²) in [7, 11) is 0. The Morgan fingerprint density at radius 3 is 2.62 bits per heavy atom. The van der Waals surface area contributed by atoms with E-state index >= 15 is 0 Å². The number of hydrogen-bond donors (Lipinski definition) is 2. The Morgan fingerprint density at radius 1 is 1.44 bits per heavy atom. The first-order valence-corrected chi connectivity index (χ1v) is 5.01. The van der Waals surface area contributed by atoms with Crippen LogP contribution in [-0.2, 0) is 0 Å². The van der Waals surface area contributed by atoms with Gasteiger partial charge in [0, 0.05) is 4.47 Å². The lowest BCUT2D eigenvalue weighted by molar-refractivity contribution is 0.477. The summed E-state index contributed by atoms with van der Waals surface area (Å²) in [5.41, 5.74) is 3.27. The maximum atomic E-state index is 9.56. The predicted molar refractivity (Wildman–Crippen MR) is 62.8 cm³/mol. The topological polar surface area (TPSA) is 92.2 Å². The van der Waals surface area contributed by atoms with Crippen molar-refractivity contribution in [1.82, 2.24) is 0 Å². The van der Waals surface area contributed by atoms with E-state index < -0.39 is 0 Å². The van der Waals surface area contributed by atoms with E-state index in [-0.39, 0.29) is 11.5 Å². The number of anilines is 1.